The minimum absolute atomic E-state index is 0.0931. The number of benzene rings is 2. The molecule has 144 valence electrons. The monoisotopic (exact) mass is 382 g/mol. The first-order chi connectivity index (χ1) is 14.1. The summed E-state index contributed by atoms with van der Waals surface area (Å²) in [6.07, 6.45) is 1.27. The standard InChI is InChI=1S/C25H22N2O2/c1-24(2,15-9-5-7-11-6-3-4-8-12(11)15)22-26-23(29-27-22)25-18-14-10-13-16(18)20(25)21(28)17(13)19(14)25/h3-9,13-14,16-20H,10H2,1-2H3. The van der Waals surface area contributed by atoms with Crippen LogP contribution in [-0.4, -0.2) is 15.9 Å². The molecule has 0 amide bonds. The fourth-order valence-corrected chi connectivity index (χ4v) is 8.94. The summed E-state index contributed by atoms with van der Waals surface area (Å²) in [5.41, 5.74) is 0.754. The van der Waals surface area contributed by atoms with Gasteiger partial charge < -0.3 is 4.52 Å². The van der Waals surface area contributed by atoms with Gasteiger partial charge in [0.25, 0.3) is 0 Å². The molecule has 29 heavy (non-hydrogen) atoms. The van der Waals surface area contributed by atoms with E-state index in [1.165, 1.54) is 22.8 Å². The summed E-state index contributed by atoms with van der Waals surface area (Å²) in [5.74, 6) is 5.71. The van der Waals surface area contributed by atoms with E-state index in [1.54, 1.807) is 0 Å². The van der Waals surface area contributed by atoms with Crippen molar-refractivity contribution in [3.05, 3.63) is 59.7 Å². The van der Waals surface area contributed by atoms with E-state index >= 15 is 0 Å². The molecule has 3 aromatic rings. The highest BCUT2D eigenvalue weighted by atomic mass is 16.5. The van der Waals surface area contributed by atoms with Crippen molar-refractivity contribution < 1.29 is 9.32 Å². The smallest absolute Gasteiger partial charge is 0.234 e. The number of carbonyl (C=O) groups is 1. The van der Waals surface area contributed by atoms with E-state index in [9.17, 15) is 4.79 Å². The van der Waals surface area contributed by atoms with Gasteiger partial charge in [0.05, 0.1) is 10.8 Å². The zero-order valence-corrected chi connectivity index (χ0v) is 16.5. The average molecular weight is 382 g/mol. The molecule has 4 heteroatoms. The molecule has 4 bridgehead atoms. The van der Waals surface area contributed by atoms with Crippen LogP contribution in [0.1, 0.15) is 37.5 Å². The number of hydrogen-bond donors (Lipinski definition) is 0. The van der Waals surface area contributed by atoms with Gasteiger partial charge in [0.15, 0.2) is 5.82 Å². The van der Waals surface area contributed by atoms with E-state index in [-0.39, 0.29) is 16.7 Å². The first-order valence-corrected chi connectivity index (χ1v) is 10.9. The fourth-order valence-electron chi connectivity index (χ4n) is 8.94. The molecule has 6 aliphatic rings. The lowest BCUT2D eigenvalue weighted by Gasteiger charge is -2.69. The molecule has 1 heterocycles. The summed E-state index contributed by atoms with van der Waals surface area (Å²) >= 11 is 0. The summed E-state index contributed by atoms with van der Waals surface area (Å²) < 4.78 is 5.96. The molecule has 0 N–H and O–H groups in total. The van der Waals surface area contributed by atoms with Crippen molar-refractivity contribution in [1.82, 2.24) is 10.1 Å². The van der Waals surface area contributed by atoms with E-state index in [4.69, 9.17) is 9.51 Å². The highest BCUT2D eigenvalue weighted by Gasteiger charge is 2.95. The zero-order chi connectivity index (χ0) is 19.3. The Hall–Kier alpha value is -2.49. The molecule has 9 rings (SSSR count). The predicted molar refractivity (Wildman–Crippen MR) is 106 cm³/mol. The van der Waals surface area contributed by atoms with E-state index < -0.39 is 0 Å². The Morgan fingerprint density at radius 3 is 2.76 bits per heavy atom. The summed E-state index contributed by atoms with van der Waals surface area (Å²) in [6, 6.07) is 14.9. The van der Waals surface area contributed by atoms with Crippen molar-refractivity contribution in [2.45, 2.75) is 31.1 Å². The molecule has 6 saturated carbocycles. The zero-order valence-electron chi connectivity index (χ0n) is 16.5. The SMILES string of the molecule is CC(C)(c1noc(C23C4C(=O)C5C6CC(C52)C3C64)n1)c1cccc2ccccc12. The lowest BCUT2D eigenvalue weighted by molar-refractivity contribution is -0.214. The minimum atomic E-state index is -0.365. The first kappa shape index (κ1) is 15.4. The Morgan fingerprint density at radius 1 is 1.07 bits per heavy atom. The Bertz CT molecular complexity index is 1250. The van der Waals surface area contributed by atoms with Gasteiger partial charge in [-0.15, -0.1) is 0 Å². The summed E-state index contributed by atoms with van der Waals surface area (Å²) in [7, 11) is 0. The van der Waals surface area contributed by atoms with Gasteiger partial charge in [-0.2, -0.15) is 4.98 Å². The molecule has 1 aromatic heterocycles. The molecule has 6 fully saturated rings. The molecule has 6 aliphatic carbocycles. The van der Waals surface area contributed by atoms with Crippen LogP contribution in [0.4, 0.5) is 0 Å². The van der Waals surface area contributed by atoms with Crippen LogP contribution in [0, 0.1) is 41.4 Å². The maximum Gasteiger partial charge on any atom is 0.234 e. The van der Waals surface area contributed by atoms with Crippen LogP contribution in [0.3, 0.4) is 0 Å². The van der Waals surface area contributed by atoms with Crippen molar-refractivity contribution in [3.8, 4) is 0 Å². The number of hydrogen-bond acceptors (Lipinski definition) is 4. The lowest BCUT2D eigenvalue weighted by Crippen LogP contribution is -2.73. The van der Waals surface area contributed by atoms with E-state index in [0.29, 0.717) is 35.4 Å². The molecule has 0 radical (unpaired) electrons. The van der Waals surface area contributed by atoms with Crippen molar-refractivity contribution in [1.29, 1.82) is 0 Å². The van der Waals surface area contributed by atoms with Crippen molar-refractivity contribution in [3.63, 3.8) is 0 Å². The Labute approximate surface area is 168 Å². The second-order valence-corrected chi connectivity index (χ2v) is 10.6. The highest BCUT2D eigenvalue weighted by molar-refractivity contribution is 5.96. The van der Waals surface area contributed by atoms with Gasteiger partial charge >= 0.3 is 0 Å². The van der Waals surface area contributed by atoms with Crippen molar-refractivity contribution >= 4 is 16.6 Å². The van der Waals surface area contributed by atoms with Crippen LogP contribution < -0.4 is 0 Å². The van der Waals surface area contributed by atoms with Crippen LogP contribution in [0.15, 0.2) is 47.0 Å². The van der Waals surface area contributed by atoms with Gasteiger partial charge in [0, 0.05) is 11.8 Å². The van der Waals surface area contributed by atoms with Crippen molar-refractivity contribution in [2.75, 3.05) is 0 Å². The molecule has 2 aromatic carbocycles. The van der Waals surface area contributed by atoms with Gasteiger partial charge in [-0.25, -0.2) is 0 Å². The normalized spacial score (nSPS) is 42.6. The van der Waals surface area contributed by atoms with Gasteiger partial charge in [-0.3, -0.25) is 4.79 Å². The number of rotatable bonds is 3. The molecule has 0 saturated heterocycles. The molecule has 0 aliphatic heterocycles. The van der Waals surface area contributed by atoms with Gasteiger partial charge in [-0.1, -0.05) is 47.6 Å². The predicted octanol–water partition coefficient (Wildman–Crippen LogP) is 4.13. The van der Waals surface area contributed by atoms with E-state index in [2.05, 4.69) is 61.5 Å². The van der Waals surface area contributed by atoms with Crippen LogP contribution in [0.5, 0.6) is 0 Å². The lowest BCUT2D eigenvalue weighted by atomic mass is 9.32. The Morgan fingerprint density at radius 2 is 1.90 bits per heavy atom. The van der Waals surface area contributed by atoms with Crippen LogP contribution in [0.25, 0.3) is 10.8 Å². The maximum absolute atomic E-state index is 12.9. The molecular formula is C25H22N2O2. The minimum Gasteiger partial charge on any atom is -0.339 e. The molecule has 8 atom stereocenters. The number of fused-ring (bicyclic) bond motifs is 1. The van der Waals surface area contributed by atoms with Gasteiger partial charge in [0.2, 0.25) is 5.89 Å². The number of nitrogens with zero attached hydrogens (tertiary/aromatic N) is 2. The van der Waals surface area contributed by atoms with Crippen LogP contribution in [0.2, 0.25) is 0 Å². The van der Waals surface area contributed by atoms with Crippen molar-refractivity contribution in [2.24, 2.45) is 41.4 Å². The first-order valence-electron chi connectivity index (χ1n) is 10.9. The topological polar surface area (TPSA) is 56.0 Å². The number of carbonyl (C=O) groups excluding carboxylic acids is 1. The third-order valence-electron chi connectivity index (χ3n) is 9.68. The third kappa shape index (κ3) is 1.32. The number of aromatic nitrogens is 2. The third-order valence-corrected chi connectivity index (χ3v) is 9.68. The molecule has 8 unspecified atom stereocenters. The molecular weight excluding hydrogens is 360 g/mol. The highest BCUT2D eigenvalue weighted by Crippen LogP contribution is 2.92. The molecule has 4 nitrogen and oxygen atoms in total. The largest absolute Gasteiger partial charge is 0.339 e. The van der Waals surface area contributed by atoms with E-state index in [0.717, 1.165) is 17.6 Å². The summed E-state index contributed by atoms with van der Waals surface area (Å²) in [4.78, 5) is 18.0. The second kappa shape index (κ2) is 4.33. The Kier molecular flexibility index (Phi) is 2.29. The van der Waals surface area contributed by atoms with Crippen LogP contribution in [-0.2, 0) is 15.6 Å². The fraction of sp³-hybridized carbons (Fsp3) is 0.480. The average Bonchev–Trinajstić information content (AvgIpc) is 3.43. The second-order valence-electron chi connectivity index (χ2n) is 10.6. The summed E-state index contributed by atoms with van der Waals surface area (Å²) in [6.45, 7) is 4.35. The molecule has 0 spiro atoms. The van der Waals surface area contributed by atoms with E-state index in [1.807, 2.05) is 0 Å². The quantitative estimate of drug-likeness (QED) is 0.684. The van der Waals surface area contributed by atoms with Gasteiger partial charge in [0.1, 0.15) is 5.78 Å². The van der Waals surface area contributed by atoms with Gasteiger partial charge in [-0.05, 0) is 66.2 Å². The Balaban J connectivity index is 1.25. The number of ketones is 1. The van der Waals surface area contributed by atoms with Crippen LogP contribution >= 0.6 is 0 Å². The number of Topliss-reactive ketones (excluding diaryl/α,β-unsaturated/α-hetero) is 1. The maximum atomic E-state index is 12.9. The summed E-state index contributed by atoms with van der Waals surface area (Å²) in [5, 5.41) is 6.94.